The first-order chi connectivity index (χ1) is 12.3. The molecule has 2 atom stereocenters. The number of anilines is 1. The molecule has 4 bridgehead atoms. The molecule has 4 aliphatic rings. The molecule has 6 nitrogen and oxygen atoms in total. The van der Waals surface area contributed by atoms with Crippen molar-refractivity contribution >= 4 is 22.7 Å². The molecule has 6 heteroatoms. The van der Waals surface area contributed by atoms with Crippen LogP contribution in [0.4, 0.5) is 5.69 Å². The molecular formula is C19H21N5O. The smallest absolute Gasteiger partial charge is 0.209 e. The van der Waals surface area contributed by atoms with E-state index in [0.29, 0.717) is 17.0 Å². The molecule has 0 spiro atoms. The van der Waals surface area contributed by atoms with Crippen LogP contribution in [0, 0.1) is 34.6 Å². The first-order valence-electron chi connectivity index (χ1n) is 9.04. The molecule has 0 aliphatic heterocycles. The van der Waals surface area contributed by atoms with Crippen molar-refractivity contribution < 1.29 is 4.42 Å². The summed E-state index contributed by atoms with van der Waals surface area (Å²) in [6.45, 7) is 0.802. The Kier molecular flexibility index (Phi) is 3.24. The Hall–Kier alpha value is -2.55. The Labute approximate surface area is 146 Å². The lowest BCUT2D eigenvalue weighted by Gasteiger charge is -2.31. The summed E-state index contributed by atoms with van der Waals surface area (Å²) in [6, 6.07) is 5.69. The molecule has 4 aliphatic carbocycles. The highest BCUT2D eigenvalue weighted by molar-refractivity contribution is 6.01. The van der Waals surface area contributed by atoms with E-state index in [1.54, 1.807) is 0 Å². The Bertz CT molecular complexity index is 865. The highest BCUT2D eigenvalue weighted by Crippen LogP contribution is 2.65. The van der Waals surface area contributed by atoms with Crippen LogP contribution >= 0.6 is 0 Å². The molecule has 0 saturated heterocycles. The van der Waals surface area contributed by atoms with Gasteiger partial charge in [-0.15, -0.1) is 0 Å². The van der Waals surface area contributed by atoms with Gasteiger partial charge in [0, 0.05) is 6.54 Å². The molecule has 2 unspecified atom stereocenters. The van der Waals surface area contributed by atoms with E-state index in [9.17, 15) is 0 Å². The van der Waals surface area contributed by atoms with Gasteiger partial charge in [0.2, 0.25) is 5.96 Å². The Balaban J connectivity index is 1.39. The zero-order valence-corrected chi connectivity index (χ0v) is 14.0. The standard InChI is InChI=1S/C19H21N5O/c20-10-22-18(24-15-2-1-3-16-17(15)23-11-25-16)21-9-19-7-12-4-13(8-19)6-14(19)5-12/h1-3,11-14H,4-9H2,(H2,21,22,24). The number of hydrogen-bond acceptors (Lipinski definition) is 4. The van der Waals surface area contributed by atoms with E-state index in [4.69, 9.17) is 14.7 Å². The molecule has 4 saturated carbocycles. The molecule has 6 rings (SSSR count). The molecule has 1 aromatic carbocycles. The molecule has 0 radical (unpaired) electrons. The number of fused-ring (bicyclic) bond motifs is 1. The van der Waals surface area contributed by atoms with E-state index in [0.717, 1.165) is 35.5 Å². The predicted molar refractivity (Wildman–Crippen MR) is 94.7 cm³/mol. The fourth-order valence-corrected chi connectivity index (χ4v) is 5.74. The quantitative estimate of drug-likeness (QED) is 0.388. The molecule has 2 N–H and O–H groups in total. The summed E-state index contributed by atoms with van der Waals surface area (Å²) >= 11 is 0. The van der Waals surface area contributed by atoms with E-state index in [2.05, 4.69) is 15.6 Å². The third kappa shape index (κ3) is 2.38. The van der Waals surface area contributed by atoms with Gasteiger partial charge in [-0.25, -0.2) is 4.98 Å². The van der Waals surface area contributed by atoms with Crippen molar-refractivity contribution in [1.82, 2.24) is 10.3 Å². The minimum atomic E-state index is 0.373. The second-order valence-electron chi connectivity index (χ2n) is 7.94. The van der Waals surface area contributed by atoms with Gasteiger partial charge < -0.3 is 9.73 Å². The lowest BCUT2D eigenvalue weighted by Crippen LogP contribution is -2.31. The number of nitriles is 1. The number of aromatic nitrogens is 1. The van der Waals surface area contributed by atoms with Crippen LogP contribution in [0.2, 0.25) is 0 Å². The van der Waals surface area contributed by atoms with Crippen molar-refractivity contribution in [2.24, 2.45) is 28.2 Å². The topological polar surface area (TPSA) is 86.2 Å². The summed E-state index contributed by atoms with van der Waals surface area (Å²) in [5.74, 6) is 3.16. The maximum absolute atomic E-state index is 9.10. The second kappa shape index (κ2) is 5.48. The van der Waals surface area contributed by atoms with Crippen LogP contribution in [0.3, 0.4) is 0 Å². The zero-order chi connectivity index (χ0) is 16.9. The van der Waals surface area contributed by atoms with Crippen molar-refractivity contribution in [3.8, 4) is 6.19 Å². The lowest BCUT2D eigenvalue weighted by molar-refractivity contribution is 0.210. The Morgan fingerprint density at radius 1 is 1.32 bits per heavy atom. The van der Waals surface area contributed by atoms with Crippen LogP contribution < -0.4 is 10.6 Å². The largest absolute Gasteiger partial charge is 0.443 e. The van der Waals surface area contributed by atoms with Crippen LogP contribution in [0.25, 0.3) is 11.1 Å². The van der Waals surface area contributed by atoms with Crippen LogP contribution in [-0.2, 0) is 0 Å². The fraction of sp³-hybridized carbons (Fsp3) is 0.526. The first kappa shape index (κ1) is 14.8. The monoisotopic (exact) mass is 335 g/mol. The van der Waals surface area contributed by atoms with Gasteiger partial charge in [0.1, 0.15) is 5.52 Å². The van der Waals surface area contributed by atoms with Gasteiger partial charge in [-0.3, -0.25) is 10.3 Å². The summed E-state index contributed by atoms with van der Waals surface area (Å²) in [6.07, 6.45) is 10.3. The molecule has 4 fully saturated rings. The van der Waals surface area contributed by atoms with Crippen LogP contribution in [0.15, 0.2) is 34.0 Å². The lowest BCUT2D eigenvalue weighted by atomic mass is 9.75. The SMILES string of the molecule is N#CNC(=NCC12CC3CC(CC1C3)C2)Nc1cccc2ocnc12. The number of aliphatic imine (C=N–C) groups is 1. The van der Waals surface area contributed by atoms with Gasteiger partial charge in [0.25, 0.3) is 0 Å². The maximum atomic E-state index is 9.10. The average Bonchev–Trinajstić information content (AvgIpc) is 3.23. The summed E-state index contributed by atoms with van der Waals surface area (Å²) in [7, 11) is 0. The van der Waals surface area contributed by atoms with Crippen molar-refractivity contribution in [3.63, 3.8) is 0 Å². The second-order valence-corrected chi connectivity index (χ2v) is 7.94. The van der Waals surface area contributed by atoms with E-state index >= 15 is 0 Å². The number of nitrogens with one attached hydrogen (secondary N) is 2. The van der Waals surface area contributed by atoms with Crippen molar-refractivity contribution in [2.75, 3.05) is 11.9 Å². The van der Waals surface area contributed by atoms with Gasteiger partial charge in [-0.1, -0.05) is 6.07 Å². The maximum Gasteiger partial charge on any atom is 0.209 e. The van der Waals surface area contributed by atoms with Gasteiger partial charge >= 0.3 is 0 Å². The molecular weight excluding hydrogens is 314 g/mol. The average molecular weight is 335 g/mol. The van der Waals surface area contributed by atoms with Gasteiger partial charge in [-0.05, 0) is 67.4 Å². The first-order valence-corrected chi connectivity index (χ1v) is 9.04. The summed E-state index contributed by atoms with van der Waals surface area (Å²) < 4.78 is 5.34. The van der Waals surface area contributed by atoms with Gasteiger partial charge in [0.15, 0.2) is 18.2 Å². The van der Waals surface area contributed by atoms with Crippen LogP contribution in [0.1, 0.15) is 32.1 Å². The highest BCUT2D eigenvalue weighted by atomic mass is 16.3. The normalized spacial score (nSPS) is 32.9. The van der Waals surface area contributed by atoms with E-state index in [-0.39, 0.29) is 0 Å². The number of nitrogens with zero attached hydrogens (tertiary/aromatic N) is 3. The van der Waals surface area contributed by atoms with E-state index in [1.807, 2.05) is 24.4 Å². The number of benzene rings is 1. The van der Waals surface area contributed by atoms with Gasteiger partial charge in [-0.2, -0.15) is 5.26 Å². The van der Waals surface area contributed by atoms with Crippen molar-refractivity contribution in [2.45, 2.75) is 32.1 Å². The number of hydrogen-bond donors (Lipinski definition) is 2. The molecule has 1 heterocycles. The van der Waals surface area contributed by atoms with Crippen molar-refractivity contribution in [3.05, 3.63) is 24.6 Å². The summed E-state index contributed by atoms with van der Waals surface area (Å²) in [4.78, 5) is 9.03. The van der Waals surface area contributed by atoms with Crippen molar-refractivity contribution in [1.29, 1.82) is 5.26 Å². The number of rotatable bonds is 3. The van der Waals surface area contributed by atoms with Crippen LogP contribution in [-0.4, -0.2) is 17.5 Å². The van der Waals surface area contributed by atoms with E-state index in [1.165, 1.54) is 38.5 Å². The minimum Gasteiger partial charge on any atom is -0.443 e. The molecule has 128 valence electrons. The molecule has 2 aromatic rings. The summed E-state index contributed by atoms with van der Waals surface area (Å²) in [5.41, 5.74) is 2.63. The van der Waals surface area contributed by atoms with Gasteiger partial charge in [0.05, 0.1) is 5.69 Å². The summed E-state index contributed by atoms with van der Waals surface area (Å²) in [5, 5.41) is 15.0. The minimum absolute atomic E-state index is 0.373. The third-order valence-corrected chi connectivity index (χ3v) is 6.50. The highest BCUT2D eigenvalue weighted by Gasteiger charge is 2.57. The number of para-hydroxylation sites is 1. The zero-order valence-electron chi connectivity index (χ0n) is 14.0. The third-order valence-electron chi connectivity index (χ3n) is 6.50. The predicted octanol–water partition coefficient (Wildman–Crippen LogP) is 3.49. The number of oxazole rings is 1. The van der Waals surface area contributed by atoms with E-state index < -0.39 is 0 Å². The Morgan fingerprint density at radius 3 is 2.96 bits per heavy atom. The van der Waals surface area contributed by atoms with Crippen LogP contribution in [0.5, 0.6) is 0 Å². The molecule has 25 heavy (non-hydrogen) atoms. The number of guanidine groups is 1. The fourth-order valence-electron chi connectivity index (χ4n) is 5.74. The molecule has 1 aromatic heterocycles. The molecule has 0 amide bonds. The Morgan fingerprint density at radius 2 is 2.16 bits per heavy atom.